The van der Waals surface area contributed by atoms with Gasteiger partial charge >= 0.3 is 35.7 Å². The number of aromatic nitrogens is 3. The first kappa shape index (κ1) is 70.6. The van der Waals surface area contributed by atoms with Gasteiger partial charge in [-0.05, 0) is 137 Å². The fourth-order valence-corrected chi connectivity index (χ4v) is 15.8. The fraction of sp³-hybridized carbons (Fsp3) is 0.521. The molecule has 11 atom stereocenters. The lowest BCUT2D eigenvalue weighted by Gasteiger charge is -2.67. The number of carbonyl (C=O) groups is 7. The number of fused-ring (bicyclic) bond motifs is 5. The Labute approximate surface area is 567 Å². The monoisotopic (exact) mass is 1350 g/mol. The van der Waals surface area contributed by atoms with Crippen LogP contribution < -0.4 is 11.0 Å². The summed E-state index contributed by atoms with van der Waals surface area (Å²) in [6.07, 6.45) is -10.7. The number of hydrogen-bond donors (Lipinski definition) is 7. The number of aromatic amines is 1. The molecule has 1 aromatic heterocycles. The zero-order valence-electron chi connectivity index (χ0n) is 56.8. The van der Waals surface area contributed by atoms with Gasteiger partial charge < -0.3 is 64.2 Å². The van der Waals surface area contributed by atoms with Gasteiger partial charge in [-0.1, -0.05) is 88.4 Å². The van der Waals surface area contributed by atoms with Gasteiger partial charge in [-0.3, -0.25) is 24.1 Å². The number of likely N-dealkylation sites (tertiary alicyclic amines) is 2. The lowest BCUT2D eigenvalue weighted by Crippen LogP contribution is -2.81. The van der Waals surface area contributed by atoms with E-state index in [1.54, 1.807) is 92.4 Å². The lowest BCUT2D eigenvalue weighted by molar-refractivity contribution is -0.346. The number of rotatable bonds is 16. The number of nitrogens with one attached hydrogen (secondary N) is 2. The van der Waals surface area contributed by atoms with Gasteiger partial charge in [-0.15, -0.1) is 0 Å². The molecule has 6 aliphatic rings. The summed E-state index contributed by atoms with van der Waals surface area (Å²) in [7, 11) is 0. The molecule has 5 fully saturated rings. The first-order valence-corrected chi connectivity index (χ1v) is 33.5. The van der Waals surface area contributed by atoms with Gasteiger partial charge in [0.2, 0.25) is 12.0 Å². The highest BCUT2D eigenvalue weighted by molar-refractivity contribution is 5.94. The molecule has 3 aliphatic heterocycles. The van der Waals surface area contributed by atoms with Crippen LogP contribution in [0.15, 0.2) is 113 Å². The van der Waals surface area contributed by atoms with Crippen molar-refractivity contribution in [2.45, 2.75) is 180 Å². The molecule has 5 aromatic rings. The van der Waals surface area contributed by atoms with E-state index in [9.17, 15) is 54.3 Å². The number of hydrogen-bond acceptors (Lipinski definition) is 21. The van der Waals surface area contributed by atoms with E-state index in [4.69, 9.17) is 28.4 Å². The second kappa shape index (κ2) is 27.2. The number of phenols is 2. The minimum Gasteiger partial charge on any atom is -0.508 e. The van der Waals surface area contributed by atoms with Gasteiger partial charge in [0.05, 0.1) is 46.8 Å². The molecule has 25 heteroatoms. The Hall–Kier alpha value is -8.75. The summed E-state index contributed by atoms with van der Waals surface area (Å²) in [5.74, 6) is -7.81. The largest absolute Gasteiger partial charge is 0.508 e. The average Bonchev–Trinajstić information content (AvgIpc) is 0.681. The van der Waals surface area contributed by atoms with E-state index in [0.717, 1.165) is 12.5 Å². The summed E-state index contributed by atoms with van der Waals surface area (Å²) in [6, 6.07) is 24.7. The maximum absolute atomic E-state index is 15.6. The average molecular weight is 1350 g/mol. The van der Waals surface area contributed by atoms with Crippen LogP contribution in [0, 0.1) is 28.6 Å². The predicted octanol–water partition coefficient (Wildman–Crippen LogP) is 7.04. The molecular weight excluding hydrogens is 1260 g/mol. The summed E-state index contributed by atoms with van der Waals surface area (Å²) in [4.78, 5) is 119. The molecule has 4 heterocycles. The number of H-pyrrole nitrogens is 1. The number of aromatic hydroxyl groups is 2. The van der Waals surface area contributed by atoms with E-state index in [0.29, 0.717) is 43.7 Å². The number of ether oxygens (including phenoxy) is 6. The van der Waals surface area contributed by atoms with Gasteiger partial charge in [0.1, 0.15) is 53.2 Å². The van der Waals surface area contributed by atoms with Crippen LogP contribution in [0.25, 0.3) is 17.1 Å². The van der Waals surface area contributed by atoms with E-state index in [-0.39, 0.29) is 102 Å². The Bertz CT molecular complexity index is 3960. The van der Waals surface area contributed by atoms with Crippen molar-refractivity contribution in [3.8, 4) is 28.6 Å². The van der Waals surface area contributed by atoms with Crippen LogP contribution >= 0.6 is 0 Å². The fourth-order valence-electron chi connectivity index (χ4n) is 15.8. The van der Waals surface area contributed by atoms with Gasteiger partial charge in [0, 0.05) is 56.8 Å². The second-order valence-electron chi connectivity index (χ2n) is 29.1. The Balaban J connectivity index is 0.819. The normalized spacial score (nSPS) is 27.2. The number of nitrogens with zero attached hydrogens (tertiary/aromatic N) is 4. The summed E-state index contributed by atoms with van der Waals surface area (Å²) < 4.78 is 38.4. The number of carbonyl (C=O) groups excluding carboxylic acids is 7. The Kier molecular flexibility index (Phi) is 19.6. The highest BCUT2D eigenvalue weighted by Crippen LogP contribution is 2.64. The highest BCUT2D eigenvalue weighted by atomic mass is 16.6. The molecule has 0 radical (unpaired) electrons. The predicted molar refractivity (Wildman–Crippen MR) is 352 cm³/mol. The quantitative estimate of drug-likeness (QED) is 0.0296. The molecule has 0 spiro atoms. The van der Waals surface area contributed by atoms with Gasteiger partial charge in [-0.2, -0.15) is 5.10 Å². The maximum atomic E-state index is 15.6. The first-order chi connectivity index (χ1) is 46.3. The number of aliphatic hydroxyl groups is 3. The molecule has 524 valence electrons. The van der Waals surface area contributed by atoms with Crippen molar-refractivity contribution in [3.63, 3.8) is 0 Å². The first-order valence-electron chi connectivity index (χ1n) is 33.5. The Morgan fingerprint density at radius 1 is 0.827 bits per heavy atom. The summed E-state index contributed by atoms with van der Waals surface area (Å²) in [5.41, 5.74) is -7.06. The molecule has 98 heavy (non-hydrogen) atoms. The van der Waals surface area contributed by atoms with Gasteiger partial charge in [-0.25, -0.2) is 28.8 Å². The minimum absolute atomic E-state index is 0.0380. The molecule has 2 bridgehead atoms. The van der Waals surface area contributed by atoms with Gasteiger partial charge in [0.25, 0.3) is 0 Å². The van der Waals surface area contributed by atoms with Crippen molar-refractivity contribution in [1.29, 1.82) is 0 Å². The van der Waals surface area contributed by atoms with Crippen molar-refractivity contribution in [2.75, 3.05) is 32.8 Å². The number of aliphatic hydroxyl groups excluding tert-OH is 2. The third-order valence-electron chi connectivity index (χ3n) is 21.1. The molecule has 3 saturated heterocycles. The zero-order valence-corrected chi connectivity index (χ0v) is 56.8. The molecular formula is C73H88N6O19. The number of esters is 4. The number of Topliss-reactive ketones (excluding diaryl/α,β-unsaturated/α-hetero) is 1. The van der Waals surface area contributed by atoms with E-state index < -0.39 is 130 Å². The van der Waals surface area contributed by atoms with Crippen molar-refractivity contribution in [3.05, 3.63) is 141 Å². The van der Waals surface area contributed by atoms with Crippen LogP contribution in [-0.4, -0.2) is 178 Å². The van der Waals surface area contributed by atoms with E-state index in [2.05, 4.69) is 20.4 Å². The minimum atomic E-state index is -2.48. The number of alkyl carbamates (subject to hydrolysis) is 1. The second-order valence-corrected chi connectivity index (χ2v) is 29.1. The third kappa shape index (κ3) is 13.1. The number of amides is 2. The smallest absolute Gasteiger partial charge is 0.408 e. The molecule has 7 N–H and O–H groups in total. The summed E-state index contributed by atoms with van der Waals surface area (Å²) in [5, 5.41) is 69.5. The van der Waals surface area contributed by atoms with Crippen LogP contribution in [-0.2, 0) is 58.9 Å². The lowest BCUT2D eigenvalue weighted by atomic mass is 9.44. The molecule has 2 amide bonds. The van der Waals surface area contributed by atoms with Crippen LogP contribution in [0.2, 0.25) is 0 Å². The van der Waals surface area contributed by atoms with Crippen molar-refractivity contribution < 1.29 is 87.5 Å². The summed E-state index contributed by atoms with van der Waals surface area (Å²) >= 11 is 0. The molecule has 3 aliphatic carbocycles. The third-order valence-corrected chi connectivity index (χ3v) is 21.1. The van der Waals surface area contributed by atoms with E-state index in [1.165, 1.54) is 50.5 Å². The van der Waals surface area contributed by atoms with Crippen LogP contribution in [0.4, 0.5) is 4.79 Å². The van der Waals surface area contributed by atoms with E-state index in [1.807, 2.05) is 26.0 Å². The number of phenolic OH excluding ortho intramolecular Hbond substituents is 2. The Morgan fingerprint density at radius 2 is 1.46 bits per heavy atom. The Morgan fingerprint density at radius 3 is 2.06 bits per heavy atom. The molecule has 4 aromatic carbocycles. The van der Waals surface area contributed by atoms with Crippen molar-refractivity contribution >= 4 is 41.7 Å². The van der Waals surface area contributed by atoms with Gasteiger partial charge in [0.15, 0.2) is 17.2 Å². The molecule has 1 unspecified atom stereocenters. The van der Waals surface area contributed by atoms with Crippen LogP contribution in [0.3, 0.4) is 0 Å². The van der Waals surface area contributed by atoms with Crippen LogP contribution in [0.5, 0.6) is 11.5 Å². The standard InChI is InChI=1S/C73H88N6O19/c1-39(2)48-33-49(51(82)34-50(48)81)62-75-76-67(90)79(62)47-23-21-42(22-24-47)37-77-29-25-44(26-30-77)63(86)78-31-27-46(28-32-78)64(87)95-58(56(43-17-13-11-14-18-43)74-68(91)98-69(5,6)7)66(89)94-52-36-73(92)61(96-65(88)45-19-15-12-16-20-45)59-71(10,60(85)57(84)55(40(52)3)70(73,8)9)53(83)35-54-72(59,38-93-54)97-41(4)80/h11-24,33-34,39,44,46,52-54,56-59,61,81-84,92H,25-32,35-38H2,1-10H3,(H,74,91)(H,76,90)/t52-,53-,54+,56-,57+,58+,59?,61-,71+,72-,73+/m0/s1. The molecule has 2 saturated carbocycles. The number of benzene rings is 4. The van der Waals surface area contributed by atoms with Crippen molar-refractivity contribution in [2.24, 2.45) is 28.6 Å². The molecule has 11 rings (SSSR count). The SMILES string of the molecule is CC(=O)O[C@@]12CO[C@@H]1C[C@H](O)[C@@]1(C)C(=O)[C@H](O)C3=C(C)[C@@H](OC(=O)[C@H](OC(=O)C4CCN(C(=O)C5CCN(Cc6ccc(-n7c(-c8cc(C(C)C)c(O)cc8O)n[nH]c7=O)cc6)CC5)CC4)[C@@H](NC(=O)OC(C)(C)C)c4ccccc4)C[C@@](O)([C@@H](OC(=O)c4ccccc4)C12)C3(C)C. The molecule has 25 nitrogen and oxygen atoms in total. The van der Waals surface area contributed by atoms with Crippen molar-refractivity contribution in [1.82, 2.24) is 29.9 Å². The van der Waals surface area contributed by atoms with Crippen LogP contribution in [0.1, 0.15) is 147 Å². The zero-order chi connectivity index (χ0) is 70.7. The number of ketones is 1. The maximum Gasteiger partial charge on any atom is 0.408 e. The number of piperidine rings is 2. The van der Waals surface area contributed by atoms with E-state index >= 15 is 9.59 Å². The summed E-state index contributed by atoms with van der Waals surface area (Å²) in [6.45, 7) is 17.7. The topological polar surface area (TPSA) is 345 Å². The highest BCUT2D eigenvalue weighted by Gasteiger charge is 2.78.